The summed E-state index contributed by atoms with van der Waals surface area (Å²) in [5, 5.41) is 11.3. The summed E-state index contributed by atoms with van der Waals surface area (Å²) in [5.41, 5.74) is 1.00. The largest absolute Gasteiger partial charge is 0.454 e. The Labute approximate surface area is 148 Å². The third kappa shape index (κ3) is 3.21. The van der Waals surface area contributed by atoms with Gasteiger partial charge in [-0.05, 0) is 30.7 Å². The van der Waals surface area contributed by atoms with Crippen LogP contribution in [0.1, 0.15) is 12.8 Å². The maximum atomic E-state index is 12.3. The molecule has 132 valence electrons. The van der Waals surface area contributed by atoms with Crippen LogP contribution in [0.3, 0.4) is 0 Å². The van der Waals surface area contributed by atoms with Crippen LogP contribution in [-0.2, 0) is 11.3 Å². The van der Waals surface area contributed by atoms with Gasteiger partial charge in [-0.3, -0.25) is 9.59 Å². The predicted octanol–water partition coefficient (Wildman–Crippen LogP) is 1.94. The highest BCUT2D eigenvalue weighted by Crippen LogP contribution is 2.34. The number of carbonyl (C=O) groups is 1. The number of ether oxygens (including phenoxy) is 2. The first-order valence-electron chi connectivity index (χ1n) is 8.23. The number of nitrogens with one attached hydrogen (secondary N) is 1. The summed E-state index contributed by atoms with van der Waals surface area (Å²) in [4.78, 5) is 24.4. The molecule has 1 amide bonds. The van der Waals surface area contributed by atoms with Crippen molar-refractivity contribution in [2.75, 3.05) is 12.1 Å². The van der Waals surface area contributed by atoms with Crippen molar-refractivity contribution in [1.29, 1.82) is 0 Å². The van der Waals surface area contributed by atoms with Crippen molar-refractivity contribution in [2.45, 2.75) is 19.4 Å². The number of carbonyl (C=O) groups excluding carboxylic acids is 1. The average Bonchev–Trinajstić information content (AvgIpc) is 3.11. The summed E-state index contributed by atoms with van der Waals surface area (Å²) in [6.45, 7) is 0.513. The molecule has 1 aliphatic heterocycles. The quantitative estimate of drug-likeness (QED) is 0.754. The van der Waals surface area contributed by atoms with E-state index in [1.165, 1.54) is 4.68 Å². The molecule has 0 spiro atoms. The van der Waals surface area contributed by atoms with E-state index in [1.807, 2.05) is 0 Å². The topological polar surface area (TPSA) is 95.3 Å². The first kappa shape index (κ1) is 16.1. The van der Waals surface area contributed by atoms with E-state index in [0.717, 1.165) is 0 Å². The van der Waals surface area contributed by atoms with E-state index in [9.17, 15) is 9.59 Å². The van der Waals surface area contributed by atoms with Crippen LogP contribution in [0.25, 0.3) is 10.9 Å². The van der Waals surface area contributed by atoms with Crippen LogP contribution in [0.4, 0.5) is 5.69 Å². The maximum absolute atomic E-state index is 12.3. The van der Waals surface area contributed by atoms with E-state index in [-0.39, 0.29) is 24.7 Å². The highest BCUT2D eigenvalue weighted by atomic mass is 16.7. The SMILES string of the molecule is O=C(CCCn1nnc2ccccc2c1=O)Nc1ccc2c(c1)OCO2. The van der Waals surface area contributed by atoms with Crippen LogP contribution in [0.5, 0.6) is 11.5 Å². The predicted molar refractivity (Wildman–Crippen MR) is 94.2 cm³/mol. The van der Waals surface area contributed by atoms with E-state index in [2.05, 4.69) is 15.6 Å². The molecular formula is C18H16N4O4. The smallest absolute Gasteiger partial charge is 0.277 e. The molecule has 1 aromatic heterocycles. The summed E-state index contributed by atoms with van der Waals surface area (Å²) < 4.78 is 11.8. The molecule has 0 saturated carbocycles. The Balaban J connectivity index is 1.35. The second-order valence-electron chi connectivity index (χ2n) is 5.85. The van der Waals surface area contributed by atoms with Crippen molar-refractivity contribution in [3.63, 3.8) is 0 Å². The fourth-order valence-corrected chi connectivity index (χ4v) is 2.76. The molecule has 0 fully saturated rings. The lowest BCUT2D eigenvalue weighted by Gasteiger charge is -2.07. The molecule has 2 aromatic carbocycles. The molecule has 0 aliphatic carbocycles. The van der Waals surface area contributed by atoms with Gasteiger partial charge in [0.15, 0.2) is 11.5 Å². The summed E-state index contributed by atoms with van der Waals surface area (Å²) in [6, 6.07) is 12.3. The van der Waals surface area contributed by atoms with E-state index in [1.54, 1.807) is 42.5 Å². The van der Waals surface area contributed by atoms with Crippen molar-refractivity contribution in [3.8, 4) is 11.5 Å². The van der Waals surface area contributed by atoms with Crippen molar-refractivity contribution in [3.05, 3.63) is 52.8 Å². The molecular weight excluding hydrogens is 336 g/mol. The first-order chi connectivity index (χ1) is 12.7. The van der Waals surface area contributed by atoms with Crippen LogP contribution in [0, 0.1) is 0 Å². The minimum atomic E-state index is -0.202. The van der Waals surface area contributed by atoms with Crippen molar-refractivity contribution in [2.24, 2.45) is 0 Å². The van der Waals surface area contributed by atoms with Crippen molar-refractivity contribution in [1.82, 2.24) is 15.0 Å². The molecule has 1 N–H and O–H groups in total. The van der Waals surface area contributed by atoms with E-state index < -0.39 is 0 Å². The fourth-order valence-electron chi connectivity index (χ4n) is 2.76. The van der Waals surface area contributed by atoms with Gasteiger partial charge in [-0.25, -0.2) is 4.68 Å². The molecule has 0 atom stereocenters. The van der Waals surface area contributed by atoms with Crippen LogP contribution in [0.15, 0.2) is 47.3 Å². The zero-order valence-electron chi connectivity index (χ0n) is 13.8. The lowest BCUT2D eigenvalue weighted by molar-refractivity contribution is -0.116. The molecule has 8 heteroatoms. The monoisotopic (exact) mass is 352 g/mol. The number of amides is 1. The summed E-state index contributed by atoms with van der Waals surface area (Å²) in [5.74, 6) is 1.13. The molecule has 3 aromatic rings. The molecule has 0 unspecified atom stereocenters. The Morgan fingerprint density at radius 2 is 2.00 bits per heavy atom. The van der Waals surface area contributed by atoms with Gasteiger partial charge in [0.2, 0.25) is 12.7 Å². The Hall–Kier alpha value is -3.42. The molecule has 26 heavy (non-hydrogen) atoms. The Kier molecular flexibility index (Phi) is 4.22. The zero-order chi connectivity index (χ0) is 17.9. The van der Waals surface area contributed by atoms with E-state index >= 15 is 0 Å². The van der Waals surface area contributed by atoms with Crippen LogP contribution in [0.2, 0.25) is 0 Å². The number of fused-ring (bicyclic) bond motifs is 2. The van der Waals surface area contributed by atoms with Gasteiger partial charge in [0.1, 0.15) is 5.52 Å². The van der Waals surface area contributed by atoms with Gasteiger partial charge < -0.3 is 14.8 Å². The number of aromatic nitrogens is 3. The number of aryl methyl sites for hydroxylation is 1. The fraction of sp³-hybridized carbons (Fsp3) is 0.222. The highest BCUT2D eigenvalue weighted by molar-refractivity contribution is 5.91. The molecule has 0 bridgehead atoms. The molecule has 4 rings (SSSR count). The third-order valence-electron chi connectivity index (χ3n) is 4.06. The molecule has 1 aliphatic rings. The lowest BCUT2D eigenvalue weighted by Crippen LogP contribution is -2.25. The van der Waals surface area contributed by atoms with Crippen molar-refractivity contribution >= 4 is 22.5 Å². The van der Waals surface area contributed by atoms with Gasteiger partial charge in [-0.2, -0.15) is 0 Å². The van der Waals surface area contributed by atoms with Crippen LogP contribution < -0.4 is 20.3 Å². The number of rotatable bonds is 5. The normalized spacial score (nSPS) is 12.3. The molecule has 0 saturated heterocycles. The van der Waals surface area contributed by atoms with Gasteiger partial charge in [0.25, 0.3) is 5.56 Å². The third-order valence-corrected chi connectivity index (χ3v) is 4.06. The number of benzene rings is 2. The minimum absolute atomic E-state index is 0.148. The molecule has 8 nitrogen and oxygen atoms in total. The van der Waals surface area contributed by atoms with E-state index in [0.29, 0.717) is 41.1 Å². The van der Waals surface area contributed by atoms with Gasteiger partial charge in [-0.1, -0.05) is 17.3 Å². The molecule has 0 radical (unpaired) electrons. The van der Waals surface area contributed by atoms with Gasteiger partial charge in [0.05, 0.1) is 5.39 Å². The number of hydrogen-bond donors (Lipinski definition) is 1. The second kappa shape index (κ2) is 6.83. The zero-order valence-corrected chi connectivity index (χ0v) is 13.8. The van der Waals surface area contributed by atoms with Gasteiger partial charge in [0, 0.05) is 24.7 Å². The van der Waals surface area contributed by atoms with Gasteiger partial charge in [-0.15, -0.1) is 5.10 Å². The van der Waals surface area contributed by atoms with E-state index in [4.69, 9.17) is 9.47 Å². The lowest BCUT2D eigenvalue weighted by atomic mass is 10.2. The molecule has 2 heterocycles. The summed E-state index contributed by atoms with van der Waals surface area (Å²) >= 11 is 0. The van der Waals surface area contributed by atoms with Crippen LogP contribution in [-0.4, -0.2) is 27.7 Å². The first-order valence-corrected chi connectivity index (χ1v) is 8.23. The average molecular weight is 352 g/mol. The number of anilines is 1. The second-order valence-corrected chi connectivity index (χ2v) is 5.85. The highest BCUT2D eigenvalue weighted by Gasteiger charge is 2.14. The minimum Gasteiger partial charge on any atom is -0.454 e. The van der Waals surface area contributed by atoms with Crippen molar-refractivity contribution < 1.29 is 14.3 Å². The number of hydrogen-bond acceptors (Lipinski definition) is 6. The standard InChI is InChI=1S/C18H16N4O4/c23-17(19-12-7-8-15-16(10-12)26-11-25-15)6-3-9-22-18(24)13-4-1-2-5-14(13)20-21-22/h1-2,4-5,7-8,10H,3,6,9,11H2,(H,19,23). The Morgan fingerprint density at radius 1 is 1.15 bits per heavy atom. The Bertz CT molecular complexity index is 1030. The number of nitrogens with zero attached hydrogens (tertiary/aromatic N) is 3. The van der Waals surface area contributed by atoms with Gasteiger partial charge >= 0.3 is 0 Å². The Morgan fingerprint density at radius 3 is 2.92 bits per heavy atom. The summed E-state index contributed by atoms with van der Waals surface area (Å²) in [6.07, 6.45) is 0.735. The summed E-state index contributed by atoms with van der Waals surface area (Å²) in [7, 11) is 0. The maximum Gasteiger partial charge on any atom is 0.277 e. The van der Waals surface area contributed by atoms with Crippen LogP contribution >= 0.6 is 0 Å².